The first-order chi connectivity index (χ1) is 13.0. The van der Waals surface area contributed by atoms with Crippen molar-refractivity contribution in [2.45, 2.75) is 32.4 Å². The van der Waals surface area contributed by atoms with Crippen molar-refractivity contribution < 1.29 is 9.47 Å². The SMILES string of the molecule is COc1cc(C)ccc1NC(=S)N(Cc1cccc(Cl)c1)CC1CCCO1. The lowest BCUT2D eigenvalue weighted by atomic mass is 10.2. The first kappa shape index (κ1) is 19.9. The molecule has 4 nitrogen and oxygen atoms in total. The minimum Gasteiger partial charge on any atom is -0.495 e. The Bertz CT molecular complexity index is 794. The van der Waals surface area contributed by atoms with Crippen LogP contribution in [-0.2, 0) is 11.3 Å². The first-order valence-corrected chi connectivity index (χ1v) is 9.90. The smallest absolute Gasteiger partial charge is 0.173 e. The molecule has 2 aromatic carbocycles. The van der Waals surface area contributed by atoms with Gasteiger partial charge in [0.2, 0.25) is 0 Å². The van der Waals surface area contributed by atoms with E-state index in [1.165, 1.54) is 0 Å². The van der Waals surface area contributed by atoms with E-state index in [-0.39, 0.29) is 6.10 Å². The third-order valence-corrected chi connectivity index (χ3v) is 5.19. The van der Waals surface area contributed by atoms with E-state index in [0.717, 1.165) is 53.6 Å². The fourth-order valence-corrected chi connectivity index (χ4v) is 3.67. The van der Waals surface area contributed by atoms with Gasteiger partial charge in [0.25, 0.3) is 0 Å². The summed E-state index contributed by atoms with van der Waals surface area (Å²) in [5, 5.41) is 4.71. The standard InChI is InChI=1S/C21H25ClN2O2S/c1-15-8-9-19(20(11-15)25-2)23-21(27)24(14-18-7-4-10-26-18)13-16-5-3-6-17(22)12-16/h3,5-6,8-9,11-12,18H,4,7,10,13-14H2,1-2H3,(H,23,27). The average molecular weight is 405 g/mol. The molecule has 1 N–H and O–H groups in total. The maximum atomic E-state index is 6.15. The molecule has 0 amide bonds. The molecule has 1 aliphatic rings. The highest BCUT2D eigenvalue weighted by Crippen LogP contribution is 2.26. The van der Waals surface area contributed by atoms with E-state index in [2.05, 4.69) is 16.3 Å². The van der Waals surface area contributed by atoms with Crippen LogP contribution < -0.4 is 10.1 Å². The van der Waals surface area contributed by atoms with Gasteiger partial charge in [0.15, 0.2) is 5.11 Å². The molecule has 1 aliphatic heterocycles. The maximum absolute atomic E-state index is 6.15. The average Bonchev–Trinajstić information content (AvgIpc) is 3.15. The summed E-state index contributed by atoms with van der Waals surface area (Å²) in [4.78, 5) is 2.14. The van der Waals surface area contributed by atoms with Gasteiger partial charge in [0.05, 0.1) is 18.9 Å². The van der Waals surface area contributed by atoms with E-state index < -0.39 is 0 Å². The number of benzene rings is 2. The van der Waals surface area contributed by atoms with E-state index in [1.807, 2.05) is 43.3 Å². The van der Waals surface area contributed by atoms with Gasteiger partial charge in [0, 0.05) is 24.7 Å². The number of thiocarbonyl (C=S) groups is 1. The van der Waals surface area contributed by atoms with Gasteiger partial charge in [-0.25, -0.2) is 0 Å². The molecule has 0 spiro atoms. The molecule has 1 fully saturated rings. The summed E-state index contributed by atoms with van der Waals surface area (Å²) in [6, 6.07) is 13.9. The first-order valence-electron chi connectivity index (χ1n) is 9.12. The number of hydrogen-bond donors (Lipinski definition) is 1. The van der Waals surface area contributed by atoms with E-state index in [1.54, 1.807) is 7.11 Å². The highest BCUT2D eigenvalue weighted by Gasteiger charge is 2.22. The lowest BCUT2D eigenvalue weighted by Crippen LogP contribution is -2.39. The Balaban J connectivity index is 1.77. The third kappa shape index (κ3) is 5.58. The summed E-state index contributed by atoms with van der Waals surface area (Å²) in [6.07, 6.45) is 2.35. The molecule has 1 heterocycles. The van der Waals surface area contributed by atoms with E-state index in [0.29, 0.717) is 11.7 Å². The molecule has 6 heteroatoms. The van der Waals surface area contributed by atoms with Crippen molar-refractivity contribution >= 4 is 34.6 Å². The number of halogens is 1. The van der Waals surface area contributed by atoms with Crippen molar-refractivity contribution in [1.29, 1.82) is 0 Å². The van der Waals surface area contributed by atoms with Crippen LogP contribution in [0, 0.1) is 6.92 Å². The summed E-state index contributed by atoms with van der Waals surface area (Å²) in [7, 11) is 1.67. The third-order valence-electron chi connectivity index (χ3n) is 4.60. The minimum absolute atomic E-state index is 0.198. The minimum atomic E-state index is 0.198. The van der Waals surface area contributed by atoms with Gasteiger partial charge in [-0.1, -0.05) is 29.8 Å². The van der Waals surface area contributed by atoms with Crippen molar-refractivity contribution in [2.24, 2.45) is 0 Å². The molecule has 0 aliphatic carbocycles. The Morgan fingerprint density at radius 1 is 1.33 bits per heavy atom. The van der Waals surface area contributed by atoms with Gasteiger partial charge in [-0.2, -0.15) is 0 Å². The van der Waals surface area contributed by atoms with Crippen LogP contribution in [0.4, 0.5) is 5.69 Å². The largest absolute Gasteiger partial charge is 0.495 e. The van der Waals surface area contributed by atoms with Crippen molar-refractivity contribution in [3.8, 4) is 5.75 Å². The van der Waals surface area contributed by atoms with Crippen molar-refractivity contribution in [3.63, 3.8) is 0 Å². The molecule has 0 radical (unpaired) electrons. The second-order valence-electron chi connectivity index (χ2n) is 6.78. The van der Waals surface area contributed by atoms with Crippen LogP contribution in [0.25, 0.3) is 0 Å². The molecule has 2 aromatic rings. The molecule has 27 heavy (non-hydrogen) atoms. The van der Waals surface area contributed by atoms with Crippen LogP contribution >= 0.6 is 23.8 Å². The van der Waals surface area contributed by atoms with Crippen LogP contribution in [0.3, 0.4) is 0 Å². The summed E-state index contributed by atoms with van der Waals surface area (Å²) in [5.74, 6) is 0.775. The number of hydrogen-bond acceptors (Lipinski definition) is 3. The second kappa shape index (κ2) is 9.40. The number of nitrogens with zero attached hydrogens (tertiary/aromatic N) is 1. The molecule has 1 unspecified atom stereocenters. The number of methoxy groups -OCH3 is 1. The van der Waals surface area contributed by atoms with Crippen LogP contribution in [0.2, 0.25) is 5.02 Å². The normalized spacial score (nSPS) is 16.2. The molecule has 0 saturated carbocycles. The fourth-order valence-electron chi connectivity index (χ4n) is 3.21. The molecule has 1 atom stereocenters. The molecular weight excluding hydrogens is 380 g/mol. The van der Waals surface area contributed by atoms with Gasteiger partial charge in [0.1, 0.15) is 5.75 Å². The van der Waals surface area contributed by atoms with Gasteiger partial charge in [-0.05, 0) is 67.4 Å². The lowest BCUT2D eigenvalue weighted by Gasteiger charge is -2.29. The Morgan fingerprint density at radius 2 is 2.19 bits per heavy atom. The highest BCUT2D eigenvalue weighted by atomic mass is 35.5. The summed E-state index contributed by atoms with van der Waals surface area (Å²) in [6.45, 7) is 4.27. The van der Waals surface area contributed by atoms with Crippen molar-refractivity contribution in [1.82, 2.24) is 4.90 Å². The quantitative estimate of drug-likeness (QED) is 0.682. The molecule has 3 rings (SSSR count). The summed E-state index contributed by atoms with van der Waals surface area (Å²) >= 11 is 11.9. The number of rotatable bonds is 6. The van der Waals surface area contributed by atoms with Crippen molar-refractivity contribution in [2.75, 3.05) is 25.6 Å². The zero-order valence-electron chi connectivity index (χ0n) is 15.7. The molecule has 144 valence electrons. The zero-order valence-corrected chi connectivity index (χ0v) is 17.3. The lowest BCUT2D eigenvalue weighted by molar-refractivity contribution is 0.0905. The molecular formula is C21H25ClN2O2S. The second-order valence-corrected chi connectivity index (χ2v) is 7.60. The van der Waals surface area contributed by atoms with Gasteiger partial charge < -0.3 is 19.7 Å². The molecule has 0 aromatic heterocycles. The topological polar surface area (TPSA) is 33.7 Å². The number of aryl methyl sites for hydroxylation is 1. The zero-order chi connectivity index (χ0) is 19.2. The van der Waals surface area contributed by atoms with E-state index in [9.17, 15) is 0 Å². The highest BCUT2D eigenvalue weighted by molar-refractivity contribution is 7.80. The number of nitrogens with one attached hydrogen (secondary N) is 1. The fraction of sp³-hybridized carbons (Fsp3) is 0.381. The van der Waals surface area contributed by atoms with Gasteiger partial charge >= 0.3 is 0 Å². The summed E-state index contributed by atoms with van der Waals surface area (Å²) < 4.78 is 11.3. The van der Waals surface area contributed by atoms with Crippen molar-refractivity contribution in [3.05, 3.63) is 58.6 Å². The Kier molecular flexibility index (Phi) is 6.94. The van der Waals surface area contributed by atoms with Gasteiger partial charge in [-0.3, -0.25) is 0 Å². The van der Waals surface area contributed by atoms with Crippen LogP contribution in [0.5, 0.6) is 5.75 Å². The molecule has 1 saturated heterocycles. The Morgan fingerprint density at radius 3 is 2.89 bits per heavy atom. The Labute approximate surface area is 171 Å². The Hall–Kier alpha value is -1.82. The molecule has 0 bridgehead atoms. The van der Waals surface area contributed by atoms with Gasteiger partial charge in [-0.15, -0.1) is 0 Å². The van der Waals surface area contributed by atoms with E-state index in [4.69, 9.17) is 33.3 Å². The maximum Gasteiger partial charge on any atom is 0.173 e. The number of ether oxygens (including phenoxy) is 2. The predicted octanol–water partition coefficient (Wildman–Crippen LogP) is 5.04. The monoisotopic (exact) mass is 404 g/mol. The van der Waals surface area contributed by atoms with E-state index >= 15 is 0 Å². The summed E-state index contributed by atoms with van der Waals surface area (Å²) in [5.41, 5.74) is 3.11. The number of anilines is 1. The van der Waals surface area contributed by atoms with Crippen LogP contribution in [0.15, 0.2) is 42.5 Å². The van der Waals surface area contributed by atoms with Crippen LogP contribution in [0.1, 0.15) is 24.0 Å². The predicted molar refractivity (Wildman–Crippen MR) is 115 cm³/mol. The van der Waals surface area contributed by atoms with Crippen LogP contribution in [-0.4, -0.2) is 36.4 Å².